The van der Waals surface area contributed by atoms with Crippen LogP contribution in [-0.2, 0) is 6.42 Å². The van der Waals surface area contributed by atoms with E-state index in [9.17, 15) is 9.18 Å². The average molecular weight is 313 g/mol. The van der Waals surface area contributed by atoms with Crippen molar-refractivity contribution >= 4 is 11.6 Å². The van der Waals surface area contributed by atoms with Crippen LogP contribution < -0.4 is 10.1 Å². The molecule has 0 saturated carbocycles. The molecule has 0 atom stereocenters. The van der Waals surface area contributed by atoms with Gasteiger partial charge in [-0.3, -0.25) is 4.79 Å². The zero-order valence-electron chi connectivity index (χ0n) is 12.6. The minimum atomic E-state index is -0.374. The SMILES string of the molecule is COc1ccc(CCNC(=O)c2cn3cc(F)ccc3n2)cc1. The highest BCUT2D eigenvalue weighted by Gasteiger charge is 2.10. The van der Waals surface area contributed by atoms with Crippen LogP contribution >= 0.6 is 0 Å². The number of nitrogens with one attached hydrogen (secondary N) is 1. The number of aromatic nitrogens is 2. The first-order valence-corrected chi connectivity index (χ1v) is 7.21. The Morgan fingerprint density at radius 1 is 1.22 bits per heavy atom. The quantitative estimate of drug-likeness (QED) is 0.787. The molecule has 5 nitrogen and oxygen atoms in total. The summed E-state index contributed by atoms with van der Waals surface area (Å²) in [6, 6.07) is 10.5. The van der Waals surface area contributed by atoms with Crippen molar-refractivity contribution in [2.75, 3.05) is 13.7 Å². The van der Waals surface area contributed by atoms with Gasteiger partial charge in [-0.25, -0.2) is 9.37 Å². The predicted octanol–water partition coefficient (Wildman–Crippen LogP) is 2.45. The highest BCUT2D eigenvalue weighted by Crippen LogP contribution is 2.11. The van der Waals surface area contributed by atoms with E-state index < -0.39 is 0 Å². The average Bonchev–Trinajstić information content (AvgIpc) is 2.98. The number of hydrogen-bond acceptors (Lipinski definition) is 3. The largest absolute Gasteiger partial charge is 0.497 e. The van der Waals surface area contributed by atoms with E-state index >= 15 is 0 Å². The molecule has 118 valence electrons. The molecule has 3 aromatic rings. The molecule has 0 aliphatic carbocycles. The van der Waals surface area contributed by atoms with Gasteiger partial charge in [0.15, 0.2) is 0 Å². The van der Waals surface area contributed by atoms with Crippen molar-refractivity contribution in [1.82, 2.24) is 14.7 Å². The molecule has 2 heterocycles. The molecule has 0 aliphatic rings. The molecule has 6 heteroatoms. The van der Waals surface area contributed by atoms with Gasteiger partial charge in [0.1, 0.15) is 22.9 Å². The van der Waals surface area contributed by atoms with Gasteiger partial charge in [-0.15, -0.1) is 0 Å². The van der Waals surface area contributed by atoms with Gasteiger partial charge in [0, 0.05) is 18.9 Å². The van der Waals surface area contributed by atoms with Gasteiger partial charge in [-0.05, 0) is 36.2 Å². The number of nitrogens with zero attached hydrogens (tertiary/aromatic N) is 2. The first-order valence-electron chi connectivity index (χ1n) is 7.21. The second-order valence-corrected chi connectivity index (χ2v) is 5.09. The fourth-order valence-electron chi connectivity index (χ4n) is 2.28. The van der Waals surface area contributed by atoms with Crippen LogP contribution in [0.2, 0.25) is 0 Å². The topological polar surface area (TPSA) is 55.6 Å². The zero-order chi connectivity index (χ0) is 16.2. The zero-order valence-corrected chi connectivity index (χ0v) is 12.6. The number of benzene rings is 1. The normalized spacial score (nSPS) is 10.7. The number of methoxy groups -OCH3 is 1. The fraction of sp³-hybridized carbons (Fsp3) is 0.176. The molecule has 1 N–H and O–H groups in total. The molecule has 0 bridgehead atoms. The first-order chi connectivity index (χ1) is 11.2. The number of halogens is 1. The second-order valence-electron chi connectivity index (χ2n) is 5.09. The van der Waals surface area contributed by atoms with Gasteiger partial charge in [0.05, 0.1) is 7.11 Å². The number of amides is 1. The third-order valence-corrected chi connectivity index (χ3v) is 3.51. The highest BCUT2D eigenvalue weighted by molar-refractivity contribution is 5.92. The molecule has 2 aromatic heterocycles. The summed E-state index contributed by atoms with van der Waals surface area (Å²) >= 11 is 0. The third-order valence-electron chi connectivity index (χ3n) is 3.51. The fourth-order valence-corrected chi connectivity index (χ4v) is 2.28. The summed E-state index contributed by atoms with van der Waals surface area (Å²) in [5.41, 5.74) is 1.90. The molecule has 23 heavy (non-hydrogen) atoms. The number of fused-ring (bicyclic) bond motifs is 1. The minimum absolute atomic E-state index is 0.269. The van der Waals surface area contributed by atoms with Crippen molar-refractivity contribution in [3.05, 3.63) is 65.9 Å². The first kappa shape index (κ1) is 15.0. The molecule has 1 amide bonds. The lowest BCUT2D eigenvalue weighted by Crippen LogP contribution is -2.25. The Balaban J connectivity index is 1.59. The summed E-state index contributed by atoms with van der Waals surface area (Å²) in [4.78, 5) is 16.3. The summed E-state index contributed by atoms with van der Waals surface area (Å²) in [6.07, 6.45) is 3.51. The molecule has 0 aliphatic heterocycles. The Morgan fingerprint density at radius 2 is 2.00 bits per heavy atom. The monoisotopic (exact) mass is 313 g/mol. The summed E-state index contributed by atoms with van der Waals surface area (Å²) in [5, 5.41) is 2.81. The molecule has 0 fully saturated rings. The van der Waals surface area contributed by atoms with Gasteiger partial charge in [-0.1, -0.05) is 12.1 Å². The molecule has 0 saturated heterocycles. The van der Waals surface area contributed by atoms with Crippen LogP contribution in [0.1, 0.15) is 16.1 Å². The lowest BCUT2D eigenvalue weighted by Gasteiger charge is -2.04. The summed E-state index contributed by atoms with van der Waals surface area (Å²) in [7, 11) is 1.62. The van der Waals surface area contributed by atoms with E-state index in [0.29, 0.717) is 18.6 Å². The van der Waals surface area contributed by atoms with Crippen molar-refractivity contribution in [2.45, 2.75) is 6.42 Å². The van der Waals surface area contributed by atoms with Crippen molar-refractivity contribution in [2.24, 2.45) is 0 Å². The molecule has 1 aromatic carbocycles. The van der Waals surface area contributed by atoms with E-state index in [-0.39, 0.29) is 17.4 Å². The van der Waals surface area contributed by atoms with Crippen molar-refractivity contribution in [3.63, 3.8) is 0 Å². The number of ether oxygens (including phenoxy) is 1. The van der Waals surface area contributed by atoms with Gasteiger partial charge in [0.2, 0.25) is 0 Å². The number of rotatable bonds is 5. The Bertz CT molecular complexity index is 827. The van der Waals surface area contributed by atoms with Crippen LogP contribution in [0.4, 0.5) is 4.39 Å². The highest BCUT2D eigenvalue weighted by atomic mass is 19.1. The van der Waals surface area contributed by atoms with E-state index in [1.54, 1.807) is 7.11 Å². The Labute approximate surface area is 132 Å². The molecule has 0 radical (unpaired) electrons. The smallest absolute Gasteiger partial charge is 0.271 e. The Kier molecular flexibility index (Phi) is 4.23. The van der Waals surface area contributed by atoms with E-state index in [0.717, 1.165) is 11.3 Å². The summed E-state index contributed by atoms with van der Waals surface area (Å²) in [5.74, 6) is 0.152. The van der Waals surface area contributed by atoms with Gasteiger partial charge in [0.25, 0.3) is 5.91 Å². The molecule has 0 spiro atoms. The maximum absolute atomic E-state index is 13.1. The van der Waals surface area contributed by atoms with Gasteiger partial charge in [-0.2, -0.15) is 0 Å². The third kappa shape index (κ3) is 3.48. The molecular formula is C17H16FN3O2. The van der Waals surface area contributed by atoms with Crippen LogP contribution in [0.15, 0.2) is 48.8 Å². The maximum Gasteiger partial charge on any atom is 0.271 e. The van der Waals surface area contributed by atoms with Crippen molar-refractivity contribution in [3.8, 4) is 5.75 Å². The van der Waals surface area contributed by atoms with Crippen molar-refractivity contribution < 1.29 is 13.9 Å². The van der Waals surface area contributed by atoms with Crippen LogP contribution in [0.5, 0.6) is 5.75 Å². The predicted molar refractivity (Wildman–Crippen MR) is 84.2 cm³/mol. The summed E-state index contributed by atoms with van der Waals surface area (Å²) < 4.78 is 19.7. The standard InChI is InChI=1S/C17H16FN3O2/c1-23-14-5-2-12(3-6-14)8-9-19-17(22)15-11-21-10-13(18)4-7-16(21)20-15/h2-7,10-11H,8-9H2,1H3,(H,19,22). The minimum Gasteiger partial charge on any atom is -0.497 e. The Morgan fingerprint density at radius 3 is 2.74 bits per heavy atom. The number of hydrogen-bond donors (Lipinski definition) is 1. The van der Waals surface area contributed by atoms with Crippen LogP contribution in [0, 0.1) is 5.82 Å². The number of carbonyl (C=O) groups is 1. The summed E-state index contributed by atoms with van der Waals surface area (Å²) in [6.45, 7) is 0.493. The Hall–Kier alpha value is -2.89. The van der Waals surface area contributed by atoms with Gasteiger partial charge < -0.3 is 14.5 Å². The van der Waals surface area contributed by atoms with Crippen LogP contribution in [0.3, 0.4) is 0 Å². The molecule has 0 unspecified atom stereocenters. The van der Waals surface area contributed by atoms with E-state index in [2.05, 4.69) is 10.3 Å². The van der Waals surface area contributed by atoms with E-state index in [4.69, 9.17) is 4.74 Å². The van der Waals surface area contributed by atoms with Crippen molar-refractivity contribution in [1.29, 1.82) is 0 Å². The van der Waals surface area contributed by atoms with Crippen LogP contribution in [-0.4, -0.2) is 28.9 Å². The maximum atomic E-state index is 13.1. The van der Waals surface area contributed by atoms with Gasteiger partial charge >= 0.3 is 0 Å². The lowest BCUT2D eigenvalue weighted by atomic mass is 10.1. The molecule has 3 rings (SSSR count). The second kappa shape index (κ2) is 6.48. The number of pyridine rings is 1. The number of imidazole rings is 1. The van der Waals surface area contributed by atoms with E-state index in [1.165, 1.54) is 28.9 Å². The number of carbonyl (C=O) groups excluding carboxylic acids is 1. The van der Waals surface area contributed by atoms with E-state index in [1.807, 2.05) is 24.3 Å². The van der Waals surface area contributed by atoms with Crippen LogP contribution in [0.25, 0.3) is 5.65 Å². The lowest BCUT2D eigenvalue weighted by molar-refractivity contribution is 0.0949. The molecular weight excluding hydrogens is 297 g/mol.